The summed E-state index contributed by atoms with van der Waals surface area (Å²) in [5.41, 5.74) is -0.855. The van der Waals surface area contributed by atoms with Crippen LogP contribution in [0, 0.1) is 5.41 Å². The lowest BCUT2D eigenvalue weighted by Gasteiger charge is -2.35. The van der Waals surface area contributed by atoms with Crippen LogP contribution in [-0.4, -0.2) is 77.7 Å². The predicted molar refractivity (Wildman–Crippen MR) is 189 cm³/mol. The van der Waals surface area contributed by atoms with Crippen LogP contribution in [0.2, 0.25) is 0 Å². The molecule has 272 valence electrons. The van der Waals surface area contributed by atoms with Crippen molar-refractivity contribution in [1.29, 1.82) is 0 Å². The highest BCUT2D eigenvalue weighted by Gasteiger charge is 2.47. The molecule has 1 saturated carbocycles. The quantitative estimate of drug-likeness (QED) is 0.225. The molecule has 1 aromatic carbocycles. The van der Waals surface area contributed by atoms with Gasteiger partial charge in [-0.3, -0.25) is 14.4 Å². The van der Waals surface area contributed by atoms with E-state index in [1.54, 1.807) is 47.7 Å². The van der Waals surface area contributed by atoms with E-state index in [1.165, 1.54) is 17.1 Å². The highest BCUT2D eigenvalue weighted by molar-refractivity contribution is 7.91. The van der Waals surface area contributed by atoms with E-state index in [1.807, 2.05) is 22.9 Å². The van der Waals surface area contributed by atoms with Gasteiger partial charge >= 0.3 is 6.09 Å². The van der Waals surface area contributed by atoms with Gasteiger partial charge in [-0.2, -0.15) is 0 Å². The summed E-state index contributed by atoms with van der Waals surface area (Å²) < 4.78 is 38.8. The number of nitrogens with one attached hydrogen (secondary N) is 3. The van der Waals surface area contributed by atoms with E-state index in [-0.39, 0.29) is 18.7 Å². The number of likely N-dealkylation sites (tertiary alicyclic amines) is 1. The number of hydrogen-bond acceptors (Lipinski definition) is 9. The zero-order chi connectivity index (χ0) is 37.2. The number of alkyl carbamates (subject to hydrolysis) is 1. The number of aromatic nitrogens is 1. The molecular formula is C36H49N5O8S. The molecule has 0 bridgehead atoms. The number of fused-ring (bicyclic) bond motifs is 1. The molecule has 2 aliphatic rings. The minimum atomic E-state index is -3.92. The normalized spacial score (nSPS) is 19.1. The number of carbonyl (C=O) groups is 4. The zero-order valence-corrected chi connectivity index (χ0v) is 30.8. The predicted octanol–water partition coefficient (Wildman–Crippen LogP) is 4.44. The molecule has 0 spiro atoms. The number of ether oxygens (including phenoxy) is 2. The number of allylic oxidation sites excluding steroid dienone is 2. The minimum absolute atomic E-state index is 0.00633. The molecule has 2 aromatic rings. The molecule has 4 rings (SSSR count). The largest absolute Gasteiger partial charge is 0.472 e. The number of sulfonamides is 1. The zero-order valence-electron chi connectivity index (χ0n) is 30.0. The lowest BCUT2D eigenvalue weighted by Crippen LogP contribution is -2.58. The molecule has 1 saturated heterocycles. The fraction of sp³-hybridized carbons (Fsp3) is 0.528. The Balaban J connectivity index is 1.65. The minimum Gasteiger partial charge on any atom is -0.472 e. The van der Waals surface area contributed by atoms with Crippen molar-refractivity contribution in [2.75, 3.05) is 6.54 Å². The van der Waals surface area contributed by atoms with Crippen molar-refractivity contribution in [1.82, 2.24) is 25.2 Å². The Hall–Kier alpha value is -4.46. The van der Waals surface area contributed by atoms with Gasteiger partial charge in [0.05, 0.1) is 11.8 Å². The van der Waals surface area contributed by atoms with Crippen LogP contribution in [0.5, 0.6) is 5.88 Å². The average Bonchev–Trinajstić information content (AvgIpc) is 3.79. The Kier molecular flexibility index (Phi) is 11.3. The van der Waals surface area contributed by atoms with Crippen molar-refractivity contribution in [3.05, 3.63) is 60.5 Å². The van der Waals surface area contributed by atoms with Crippen LogP contribution in [0.25, 0.3) is 10.8 Å². The average molecular weight is 712 g/mol. The Bertz CT molecular complexity index is 1790. The molecule has 1 aliphatic carbocycles. The maximum absolute atomic E-state index is 14.3. The first-order valence-electron chi connectivity index (χ1n) is 16.7. The molecule has 13 nitrogen and oxygen atoms in total. The van der Waals surface area contributed by atoms with Crippen LogP contribution in [0.15, 0.2) is 54.9 Å². The third-order valence-corrected chi connectivity index (χ3v) is 10.1. The molecule has 1 aliphatic heterocycles. The standard InChI is InChI=1S/C36H49N5O8S/c1-10-11-27(30(42)40-50(46,47)25-13-14-25)38-31(43)28-19-24(48-32-26-15-12-22(21(2)3)18-23(26)16-17-37-32)20-41(28)33(44)29(35(4,5)6)39-34(45)49-36(7,8)9/h10-12,15-18,21,24-25,28-29H,1,13-14,19-20H2,2-9H3,(H,38,43)(H,39,45)(H,40,42)/b27-11+/t24-,28+,29-/m1/s1. The summed E-state index contributed by atoms with van der Waals surface area (Å²) in [6.07, 6.45) is 3.41. The van der Waals surface area contributed by atoms with Crippen molar-refractivity contribution in [2.45, 2.75) is 110 Å². The SMILES string of the molecule is C=C/C=C(/NC(=O)[C@@H]1C[C@@H](Oc2nccc3cc(C(C)C)ccc23)CN1C(=O)[C@@H](NC(=O)OC(C)(C)C)C(C)(C)C)C(=O)NS(=O)(=O)C1CC1. The van der Waals surface area contributed by atoms with Gasteiger partial charge in [-0.05, 0) is 74.1 Å². The summed E-state index contributed by atoms with van der Waals surface area (Å²) in [6.45, 7) is 18.1. The lowest BCUT2D eigenvalue weighted by molar-refractivity contribution is -0.142. The second kappa shape index (κ2) is 14.8. The van der Waals surface area contributed by atoms with E-state index in [0.29, 0.717) is 24.6 Å². The van der Waals surface area contributed by atoms with E-state index in [0.717, 1.165) is 16.3 Å². The van der Waals surface area contributed by atoms with E-state index in [2.05, 4.69) is 42.1 Å². The van der Waals surface area contributed by atoms with Crippen LogP contribution >= 0.6 is 0 Å². The number of hydrogen-bond donors (Lipinski definition) is 3. The van der Waals surface area contributed by atoms with Crippen LogP contribution in [0.1, 0.15) is 86.1 Å². The van der Waals surface area contributed by atoms with Gasteiger partial charge in [-0.1, -0.05) is 59.4 Å². The monoisotopic (exact) mass is 711 g/mol. The number of amides is 4. The lowest BCUT2D eigenvalue weighted by atomic mass is 9.85. The molecule has 0 radical (unpaired) electrons. The highest BCUT2D eigenvalue weighted by atomic mass is 32.2. The maximum Gasteiger partial charge on any atom is 0.408 e. The molecule has 4 amide bonds. The van der Waals surface area contributed by atoms with Gasteiger partial charge in [0, 0.05) is 18.0 Å². The number of nitrogens with zero attached hydrogens (tertiary/aromatic N) is 2. The van der Waals surface area contributed by atoms with Crippen LogP contribution in [0.3, 0.4) is 0 Å². The van der Waals surface area contributed by atoms with Crippen LogP contribution < -0.4 is 20.1 Å². The molecular weight excluding hydrogens is 662 g/mol. The molecule has 2 fully saturated rings. The highest BCUT2D eigenvalue weighted by Crippen LogP contribution is 2.32. The molecule has 2 heterocycles. The Morgan fingerprint density at radius 2 is 1.74 bits per heavy atom. The molecule has 3 atom stereocenters. The molecule has 0 unspecified atom stereocenters. The van der Waals surface area contributed by atoms with E-state index in [9.17, 15) is 27.6 Å². The maximum atomic E-state index is 14.3. The van der Waals surface area contributed by atoms with E-state index >= 15 is 0 Å². The van der Waals surface area contributed by atoms with E-state index in [4.69, 9.17) is 9.47 Å². The number of pyridine rings is 1. The van der Waals surface area contributed by atoms with Gasteiger partial charge in [0.25, 0.3) is 5.91 Å². The number of rotatable bonds is 11. The van der Waals surface area contributed by atoms with Crippen molar-refractivity contribution in [3.8, 4) is 5.88 Å². The third kappa shape index (κ3) is 9.61. The van der Waals surface area contributed by atoms with Crippen LogP contribution in [0.4, 0.5) is 4.79 Å². The van der Waals surface area contributed by atoms with E-state index < -0.39 is 68.3 Å². The molecule has 50 heavy (non-hydrogen) atoms. The molecule has 14 heteroatoms. The summed E-state index contributed by atoms with van der Waals surface area (Å²) in [6, 6.07) is 5.57. The van der Waals surface area contributed by atoms with Gasteiger partial charge in [0.2, 0.25) is 27.7 Å². The summed E-state index contributed by atoms with van der Waals surface area (Å²) >= 11 is 0. The summed E-state index contributed by atoms with van der Waals surface area (Å²) in [4.78, 5) is 60.0. The third-order valence-electron chi connectivity index (χ3n) is 8.30. The fourth-order valence-electron chi connectivity index (χ4n) is 5.55. The Morgan fingerprint density at radius 1 is 1.06 bits per heavy atom. The first-order valence-corrected chi connectivity index (χ1v) is 18.3. The number of carbonyl (C=O) groups excluding carboxylic acids is 4. The first-order chi connectivity index (χ1) is 23.2. The van der Waals surface area contributed by atoms with Crippen molar-refractivity contribution in [3.63, 3.8) is 0 Å². The summed E-state index contributed by atoms with van der Waals surface area (Å²) in [5.74, 6) is -1.72. The van der Waals surface area contributed by atoms with Crippen molar-refractivity contribution < 1.29 is 37.1 Å². The smallest absolute Gasteiger partial charge is 0.408 e. The fourth-order valence-corrected chi connectivity index (χ4v) is 6.84. The van der Waals surface area contributed by atoms with Crippen molar-refractivity contribution >= 4 is 44.6 Å². The van der Waals surface area contributed by atoms with Gasteiger partial charge in [0.15, 0.2) is 0 Å². The summed E-state index contributed by atoms with van der Waals surface area (Å²) in [5, 5.41) is 6.19. The molecule has 3 N–H and O–H groups in total. The Labute approximate surface area is 294 Å². The van der Waals surface area contributed by atoms with Crippen molar-refractivity contribution in [2.24, 2.45) is 5.41 Å². The summed E-state index contributed by atoms with van der Waals surface area (Å²) in [7, 11) is -3.92. The van der Waals surface area contributed by atoms with Gasteiger partial charge in [-0.25, -0.2) is 22.9 Å². The van der Waals surface area contributed by atoms with Gasteiger partial charge in [-0.15, -0.1) is 0 Å². The second-order valence-corrected chi connectivity index (χ2v) is 17.1. The van der Waals surface area contributed by atoms with Gasteiger partial charge < -0.3 is 25.0 Å². The Morgan fingerprint density at radius 3 is 2.32 bits per heavy atom. The first kappa shape index (κ1) is 38.3. The number of benzene rings is 1. The van der Waals surface area contributed by atoms with Gasteiger partial charge in [0.1, 0.15) is 29.5 Å². The molecule has 1 aromatic heterocycles. The second-order valence-electron chi connectivity index (χ2n) is 15.2. The topological polar surface area (TPSA) is 173 Å². The van der Waals surface area contributed by atoms with Crippen LogP contribution in [-0.2, 0) is 29.1 Å².